The van der Waals surface area contributed by atoms with Gasteiger partial charge in [-0.05, 0) is 36.7 Å². The van der Waals surface area contributed by atoms with E-state index in [1.54, 1.807) is 0 Å². The predicted octanol–water partition coefficient (Wildman–Crippen LogP) is 3.21. The fourth-order valence-corrected chi connectivity index (χ4v) is 2.84. The number of hydrogen-bond donors (Lipinski definition) is 0. The van der Waals surface area contributed by atoms with E-state index in [1.807, 2.05) is 11.0 Å². The van der Waals surface area contributed by atoms with Gasteiger partial charge in [0.2, 0.25) is 5.91 Å². The molecular formula is C17H21NO. The molecule has 0 bridgehead atoms. The molecule has 3 rings (SSSR count). The van der Waals surface area contributed by atoms with E-state index >= 15 is 0 Å². The van der Waals surface area contributed by atoms with Crippen molar-refractivity contribution in [3.05, 3.63) is 48.6 Å². The molecule has 1 aromatic rings. The maximum absolute atomic E-state index is 12.2. The highest BCUT2D eigenvalue weighted by Crippen LogP contribution is 2.48. The van der Waals surface area contributed by atoms with Crippen LogP contribution in [0.25, 0.3) is 0 Å². The van der Waals surface area contributed by atoms with E-state index in [1.165, 1.54) is 12.0 Å². The van der Waals surface area contributed by atoms with Gasteiger partial charge < -0.3 is 4.90 Å². The zero-order valence-corrected chi connectivity index (χ0v) is 11.3. The third-order valence-corrected chi connectivity index (χ3v) is 4.19. The average molecular weight is 255 g/mol. The zero-order chi connectivity index (χ0) is 13.2. The molecule has 0 aliphatic heterocycles. The molecule has 1 aromatic carbocycles. The monoisotopic (exact) mass is 255 g/mol. The van der Waals surface area contributed by atoms with Gasteiger partial charge in [-0.25, -0.2) is 0 Å². The lowest BCUT2D eigenvalue weighted by Gasteiger charge is -2.21. The number of rotatable bonds is 6. The minimum Gasteiger partial charge on any atom is -0.338 e. The van der Waals surface area contributed by atoms with Crippen LogP contribution in [-0.4, -0.2) is 23.9 Å². The van der Waals surface area contributed by atoms with Gasteiger partial charge in [-0.15, -0.1) is 6.58 Å². The minimum absolute atomic E-state index is 0.314. The third kappa shape index (κ3) is 2.89. The summed E-state index contributed by atoms with van der Waals surface area (Å²) < 4.78 is 0. The Morgan fingerprint density at radius 1 is 1.32 bits per heavy atom. The van der Waals surface area contributed by atoms with Crippen LogP contribution in [-0.2, 0) is 4.79 Å². The van der Waals surface area contributed by atoms with Crippen LogP contribution in [0.2, 0.25) is 0 Å². The number of carbonyl (C=O) groups is 1. The summed E-state index contributed by atoms with van der Waals surface area (Å²) in [6.45, 7) is 5.38. The number of amides is 1. The normalized spacial score (nSPS) is 24.8. The van der Waals surface area contributed by atoms with Gasteiger partial charge in [-0.3, -0.25) is 4.79 Å². The molecule has 2 fully saturated rings. The molecule has 2 unspecified atom stereocenters. The van der Waals surface area contributed by atoms with Gasteiger partial charge in [0, 0.05) is 19.0 Å². The van der Waals surface area contributed by atoms with Gasteiger partial charge in [0.05, 0.1) is 0 Å². The molecule has 0 aromatic heterocycles. The molecular weight excluding hydrogens is 234 g/mol. The minimum atomic E-state index is 0.314. The topological polar surface area (TPSA) is 20.3 Å². The Bertz CT molecular complexity index is 463. The van der Waals surface area contributed by atoms with Gasteiger partial charge in [-0.2, -0.15) is 0 Å². The SMILES string of the molecule is C=CCN(CC1CC1c1ccccc1)C(=O)C1CC1. The highest BCUT2D eigenvalue weighted by atomic mass is 16.2. The van der Waals surface area contributed by atoms with Crippen LogP contribution in [0.3, 0.4) is 0 Å². The summed E-state index contributed by atoms with van der Waals surface area (Å²) >= 11 is 0. The van der Waals surface area contributed by atoms with Crippen molar-refractivity contribution < 1.29 is 4.79 Å². The van der Waals surface area contributed by atoms with Crippen molar-refractivity contribution >= 4 is 5.91 Å². The van der Waals surface area contributed by atoms with Gasteiger partial charge in [0.1, 0.15) is 0 Å². The van der Waals surface area contributed by atoms with E-state index in [9.17, 15) is 4.79 Å². The van der Waals surface area contributed by atoms with E-state index in [2.05, 4.69) is 36.9 Å². The van der Waals surface area contributed by atoms with Crippen LogP contribution in [0, 0.1) is 11.8 Å². The number of nitrogens with zero attached hydrogens (tertiary/aromatic N) is 1. The molecule has 2 nitrogen and oxygen atoms in total. The Hall–Kier alpha value is -1.57. The molecule has 2 aliphatic carbocycles. The van der Waals surface area contributed by atoms with Gasteiger partial charge in [-0.1, -0.05) is 36.4 Å². The van der Waals surface area contributed by atoms with Crippen molar-refractivity contribution in [1.29, 1.82) is 0 Å². The zero-order valence-electron chi connectivity index (χ0n) is 11.3. The fourth-order valence-electron chi connectivity index (χ4n) is 2.84. The largest absolute Gasteiger partial charge is 0.338 e. The first kappa shape index (κ1) is 12.5. The van der Waals surface area contributed by atoms with Crippen LogP contribution in [0.1, 0.15) is 30.7 Å². The second kappa shape index (κ2) is 5.20. The summed E-state index contributed by atoms with van der Waals surface area (Å²) in [5, 5.41) is 0. The highest BCUT2D eigenvalue weighted by molar-refractivity contribution is 5.81. The van der Waals surface area contributed by atoms with Gasteiger partial charge in [0.25, 0.3) is 0 Å². The Morgan fingerprint density at radius 3 is 2.68 bits per heavy atom. The molecule has 19 heavy (non-hydrogen) atoms. The molecule has 1 amide bonds. The first-order valence-corrected chi connectivity index (χ1v) is 7.24. The van der Waals surface area contributed by atoms with E-state index in [4.69, 9.17) is 0 Å². The number of hydrogen-bond acceptors (Lipinski definition) is 1. The lowest BCUT2D eigenvalue weighted by Crippen LogP contribution is -2.34. The number of benzene rings is 1. The second-order valence-electron chi connectivity index (χ2n) is 5.82. The maximum atomic E-state index is 12.2. The lowest BCUT2D eigenvalue weighted by atomic mass is 10.1. The Kier molecular flexibility index (Phi) is 3.41. The van der Waals surface area contributed by atoms with Gasteiger partial charge >= 0.3 is 0 Å². The fraction of sp³-hybridized carbons (Fsp3) is 0.471. The average Bonchev–Trinajstić information content (AvgIpc) is 3.32. The van der Waals surface area contributed by atoms with Crippen molar-refractivity contribution in [2.75, 3.05) is 13.1 Å². The van der Waals surface area contributed by atoms with Crippen molar-refractivity contribution in [3.8, 4) is 0 Å². The maximum Gasteiger partial charge on any atom is 0.225 e. The lowest BCUT2D eigenvalue weighted by molar-refractivity contribution is -0.132. The van der Waals surface area contributed by atoms with Crippen LogP contribution in [0.15, 0.2) is 43.0 Å². The Labute approximate surface area is 115 Å². The van der Waals surface area contributed by atoms with E-state index in [0.717, 1.165) is 19.4 Å². The summed E-state index contributed by atoms with van der Waals surface area (Å²) in [7, 11) is 0. The summed E-state index contributed by atoms with van der Waals surface area (Å²) in [4.78, 5) is 14.2. The first-order valence-electron chi connectivity index (χ1n) is 7.24. The molecule has 2 heteroatoms. The van der Waals surface area contributed by atoms with Gasteiger partial charge in [0.15, 0.2) is 0 Å². The van der Waals surface area contributed by atoms with Crippen molar-refractivity contribution in [2.24, 2.45) is 11.8 Å². The van der Waals surface area contributed by atoms with E-state index < -0.39 is 0 Å². The first-order chi connectivity index (χ1) is 9.29. The van der Waals surface area contributed by atoms with Crippen LogP contribution < -0.4 is 0 Å². The Morgan fingerprint density at radius 2 is 2.05 bits per heavy atom. The summed E-state index contributed by atoms with van der Waals surface area (Å²) in [6.07, 6.45) is 5.23. The quantitative estimate of drug-likeness (QED) is 0.715. The molecule has 100 valence electrons. The van der Waals surface area contributed by atoms with E-state index in [-0.39, 0.29) is 0 Å². The van der Waals surface area contributed by atoms with E-state index in [0.29, 0.717) is 30.2 Å². The molecule has 0 N–H and O–H groups in total. The standard InChI is InChI=1S/C17H21NO/c1-2-10-18(17(19)14-8-9-14)12-15-11-16(15)13-6-4-3-5-7-13/h2-7,14-16H,1,8-12H2. The van der Waals surface area contributed by atoms with Crippen LogP contribution >= 0.6 is 0 Å². The molecule has 0 radical (unpaired) electrons. The highest BCUT2D eigenvalue weighted by Gasteiger charge is 2.41. The third-order valence-electron chi connectivity index (χ3n) is 4.19. The van der Waals surface area contributed by atoms with Crippen LogP contribution in [0.5, 0.6) is 0 Å². The summed E-state index contributed by atoms with van der Waals surface area (Å²) in [6, 6.07) is 10.7. The summed E-state index contributed by atoms with van der Waals surface area (Å²) in [5.41, 5.74) is 1.42. The smallest absolute Gasteiger partial charge is 0.225 e. The molecule has 0 heterocycles. The second-order valence-corrected chi connectivity index (χ2v) is 5.82. The molecule has 0 saturated heterocycles. The summed E-state index contributed by atoms with van der Waals surface area (Å²) in [5.74, 6) is 1.96. The van der Waals surface area contributed by atoms with Crippen molar-refractivity contribution in [2.45, 2.75) is 25.2 Å². The molecule has 2 atom stereocenters. The van der Waals surface area contributed by atoms with Crippen molar-refractivity contribution in [1.82, 2.24) is 4.90 Å². The molecule has 2 aliphatic rings. The number of carbonyl (C=O) groups excluding carboxylic acids is 1. The predicted molar refractivity (Wildman–Crippen MR) is 76.8 cm³/mol. The molecule has 0 spiro atoms. The molecule has 2 saturated carbocycles. The Balaban J connectivity index is 1.58. The van der Waals surface area contributed by atoms with Crippen molar-refractivity contribution in [3.63, 3.8) is 0 Å². The van der Waals surface area contributed by atoms with Crippen LogP contribution in [0.4, 0.5) is 0 Å².